The van der Waals surface area contributed by atoms with Gasteiger partial charge in [0.1, 0.15) is 0 Å². The third kappa shape index (κ3) is 0.859. The minimum Gasteiger partial charge on any atom is -0.357 e. The first-order valence-corrected chi connectivity index (χ1v) is 4.00. The monoisotopic (exact) mass is 135 g/mol. The van der Waals surface area contributed by atoms with Crippen LogP contribution in [0.3, 0.4) is 0 Å². The summed E-state index contributed by atoms with van der Waals surface area (Å²) < 4.78 is 2.18. The highest BCUT2D eigenvalue weighted by Gasteiger charge is 2.09. The molecule has 0 aliphatic heterocycles. The molecule has 0 saturated carbocycles. The first kappa shape index (κ1) is 6.02. The summed E-state index contributed by atoms with van der Waals surface area (Å²) in [4.78, 5) is 0. The van der Waals surface area contributed by atoms with Crippen LogP contribution in [0.1, 0.15) is 24.0 Å². The average Bonchev–Trinajstić information content (AvgIpc) is 2.27. The van der Waals surface area contributed by atoms with E-state index >= 15 is 0 Å². The molecule has 0 radical (unpaired) electrons. The minimum atomic E-state index is 1.30. The van der Waals surface area contributed by atoms with Crippen LogP contribution < -0.4 is 0 Å². The molecule has 0 saturated heterocycles. The summed E-state index contributed by atoms with van der Waals surface area (Å²) in [5.74, 6) is 0. The van der Waals surface area contributed by atoms with E-state index in [2.05, 4.69) is 24.0 Å². The van der Waals surface area contributed by atoms with Crippen LogP contribution in [-0.4, -0.2) is 4.57 Å². The van der Waals surface area contributed by atoms with E-state index in [1.165, 1.54) is 25.7 Å². The molecule has 1 aromatic rings. The second-order valence-corrected chi connectivity index (χ2v) is 3.18. The Bertz CT molecular complexity index is 211. The van der Waals surface area contributed by atoms with Gasteiger partial charge in [0.05, 0.1) is 0 Å². The molecule has 0 bridgehead atoms. The highest BCUT2D eigenvalue weighted by atomic mass is 14.9. The van der Waals surface area contributed by atoms with Crippen molar-refractivity contribution in [2.45, 2.75) is 25.7 Å². The van der Waals surface area contributed by atoms with Crippen molar-refractivity contribution in [3.05, 3.63) is 23.5 Å². The molecule has 2 rings (SSSR count). The van der Waals surface area contributed by atoms with Gasteiger partial charge in [-0.25, -0.2) is 0 Å². The SMILES string of the molecule is Cn1cc2c(c1)CCCC2. The Balaban J connectivity index is 2.41. The predicted molar refractivity (Wildman–Crippen MR) is 42.1 cm³/mol. The highest BCUT2D eigenvalue weighted by molar-refractivity contribution is 5.26. The van der Waals surface area contributed by atoms with Crippen LogP contribution in [0.15, 0.2) is 12.4 Å². The van der Waals surface area contributed by atoms with Crippen LogP contribution >= 0.6 is 0 Å². The number of fused-ring (bicyclic) bond motifs is 1. The molecule has 0 atom stereocenters. The Morgan fingerprint density at radius 2 is 1.60 bits per heavy atom. The predicted octanol–water partition coefficient (Wildman–Crippen LogP) is 1.90. The van der Waals surface area contributed by atoms with Crippen LogP contribution in [0.4, 0.5) is 0 Å². The van der Waals surface area contributed by atoms with Crippen LogP contribution in [0.5, 0.6) is 0 Å². The Morgan fingerprint density at radius 1 is 1.10 bits per heavy atom. The zero-order chi connectivity index (χ0) is 6.97. The summed E-state index contributed by atoms with van der Waals surface area (Å²) in [7, 11) is 2.11. The van der Waals surface area contributed by atoms with E-state index in [0.717, 1.165) is 0 Å². The third-order valence-electron chi connectivity index (χ3n) is 2.27. The number of aryl methyl sites for hydroxylation is 3. The summed E-state index contributed by atoms with van der Waals surface area (Å²) >= 11 is 0. The number of rotatable bonds is 0. The lowest BCUT2D eigenvalue weighted by molar-refractivity contribution is 0.690. The fourth-order valence-corrected chi connectivity index (χ4v) is 1.78. The normalized spacial score (nSPS) is 16.9. The van der Waals surface area contributed by atoms with Crippen molar-refractivity contribution >= 4 is 0 Å². The Kier molecular flexibility index (Phi) is 1.30. The third-order valence-corrected chi connectivity index (χ3v) is 2.27. The molecule has 1 heterocycles. The van der Waals surface area contributed by atoms with E-state index in [1.807, 2.05) is 0 Å². The van der Waals surface area contributed by atoms with Gasteiger partial charge in [0, 0.05) is 19.4 Å². The van der Waals surface area contributed by atoms with E-state index in [9.17, 15) is 0 Å². The van der Waals surface area contributed by atoms with Gasteiger partial charge < -0.3 is 4.57 Å². The maximum atomic E-state index is 2.26. The summed E-state index contributed by atoms with van der Waals surface area (Å²) in [6, 6.07) is 0. The Morgan fingerprint density at radius 3 is 2.10 bits per heavy atom. The van der Waals surface area contributed by atoms with E-state index < -0.39 is 0 Å². The summed E-state index contributed by atoms with van der Waals surface area (Å²) in [6.07, 6.45) is 9.89. The summed E-state index contributed by atoms with van der Waals surface area (Å²) in [5, 5.41) is 0. The molecule has 0 spiro atoms. The van der Waals surface area contributed by atoms with Gasteiger partial charge >= 0.3 is 0 Å². The van der Waals surface area contributed by atoms with Gasteiger partial charge in [-0.3, -0.25) is 0 Å². The molecule has 1 aliphatic rings. The molecular formula is C9H13N. The second-order valence-electron chi connectivity index (χ2n) is 3.18. The minimum absolute atomic E-state index is 1.30. The molecule has 0 fully saturated rings. The molecule has 0 N–H and O–H groups in total. The smallest absolute Gasteiger partial charge is 0.0106 e. The first-order chi connectivity index (χ1) is 4.86. The Hall–Kier alpha value is -0.720. The summed E-state index contributed by atoms with van der Waals surface area (Å²) in [6.45, 7) is 0. The molecule has 1 heteroatoms. The van der Waals surface area contributed by atoms with Gasteiger partial charge in [0.2, 0.25) is 0 Å². The van der Waals surface area contributed by atoms with Crippen molar-refractivity contribution in [1.82, 2.24) is 4.57 Å². The molecule has 54 valence electrons. The maximum Gasteiger partial charge on any atom is 0.0106 e. The van der Waals surface area contributed by atoms with Crippen molar-refractivity contribution in [2.75, 3.05) is 0 Å². The quantitative estimate of drug-likeness (QED) is 0.512. The van der Waals surface area contributed by atoms with Crippen LogP contribution in [0.25, 0.3) is 0 Å². The van der Waals surface area contributed by atoms with E-state index in [4.69, 9.17) is 0 Å². The van der Waals surface area contributed by atoms with Crippen molar-refractivity contribution in [1.29, 1.82) is 0 Å². The van der Waals surface area contributed by atoms with Gasteiger partial charge in [0.25, 0.3) is 0 Å². The molecule has 1 aromatic heterocycles. The summed E-state index contributed by atoms with van der Waals surface area (Å²) in [5.41, 5.74) is 3.16. The largest absolute Gasteiger partial charge is 0.357 e. The zero-order valence-corrected chi connectivity index (χ0v) is 6.43. The number of nitrogens with zero attached hydrogens (tertiary/aromatic N) is 1. The van der Waals surface area contributed by atoms with E-state index in [-0.39, 0.29) is 0 Å². The standard InChI is InChI=1S/C9H13N/c1-10-6-8-4-2-3-5-9(8)7-10/h6-7H,2-5H2,1H3. The van der Waals surface area contributed by atoms with Crippen molar-refractivity contribution in [2.24, 2.45) is 7.05 Å². The zero-order valence-electron chi connectivity index (χ0n) is 6.43. The van der Waals surface area contributed by atoms with Crippen LogP contribution in [0, 0.1) is 0 Å². The molecule has 0 aromatic carbocycles. The Labute approximate surface area is 61.7 Å². The van der Waals surface area contributed by atoms with E-state index in [0.29, 0.717) is 0 Å². The van der Waals surface area contributed by atoms with Crippen molar-refractivity contribution < 1.29 is 0 Å². The molecular weight excluding hydrogens is 122 g/mol. The molecule has 1 aliphatic carbocycles. The van der Waals surface area contributed by atoms with Gasteiger partial charge in [-0.2, -0.15) is 0 Å². The molecule has 1 nitrogen and oxygen atoms in total. The first-order valence-electron chi connectivity index (χ1n) is 4.00. The average molecular weight is 135 g/mol. The molecule has 0 amide bonds. The fourth-order valence-electron chi connectivity index (χ4n) is 1.78. The van der Waals surface area contributed by atoms with Gasteiger partial charge in [-0.1, -0.05) is 0 Å². The van der Waals surface area contributed by atoms with Gasteiger partial charge in [-0.05, 0) is 36.8 Å². The maximum absolute atomic E-state index is 2.26. The van der Waals surface area contributed by atoms with Crippen LogP contribution in [0.2, 0.25) is 0 Å². The molecule has 0 unspecified atom stereocenters. The number of hydrogen-bond acceptors (Lipinski definition) is 0. The lowest BCUT2D eigenvalue weighted by atomic mass is 9.96. The lowest BCUT2D eigenvalue weighted by Crippen LogP contribution is -1.97. The number of aromatic nitrogens is 1. The van der Waals surface area contributed by atoms with Crippen molar-refractivity contribution in [3.8, 4) is 0 Å². The van der Waals surface area contributed by atoms with Crippen molar-refractivity contribution in [3.63, 3.8) is 0 Å². The second kappa shape index (κ2) is 2.15. The lowest BCUT2D eigenvalue weighted by Gasteiger charge is -2.08. The van der Waals surface area contributed by atoms with E-state index in [1.54, 1.807) is 11.1 Å². The van der Waals surface area contributed by atoms with Crippen LogP contribution in [-0.2, 0) is 19.9 Å². The topological polar surface area (TPSA) is 4.93 Å². The highest BCUT2D eigenvalue weighted by Crippen LogP contribution is 2.20. The number of hydrogen-bond donors (Lipinski definition) is 0. The fraction of sp³-hybridized carbons (Fsp3) is 0.556. The molecule has 10 heavy (non-hydrogen) atoms. The van der Waals surface area contributed by atoms with Gasteiger partial charge in [-0.15, -0.1) is 0 Å². The van der Waals surface area contributed by atoms with Gasteiger partial charge in [0.15, 0.2) is 0 Å².